The largest absolute Gasteiger partial charge is 0.395 e. The number of carbonyl (C=O) groups excluding carboxylic acids is 1. The van der Waals surface area contributed by atoms with Gasteiger partial charge in [0.15, 0.2) is 0 Å². The first kappa shape index (κ1) is 24.3. The number of Topliss-reactive ketones (excluding diaryl/α,β-unsaturated/α-hetero) is 1. The van der Waals surface area contributed by atoms with Gasteiger partial charge < -0.3 is 10.2 Å². The zero-order valence-electron chi connectivity index (χ0n) is 22.5. The lowest BCUT2D eigenvalue weighted by atomic mass is 9.31. The van der Waals surface area contributed by atoms with Crippen LogP contribution in [0.25, 0.3) is 0 Å². The molecule has 0 aromatic rings. The third kappa shape index (κ3) is 2.85. The van der Waals surface area contributed by atoms with Crippen LogP contribution >= 0.6 is 0 Å². The minimum Gasteiger partial charge on any atom is -0.395 e. The van der Waals surface area contributed by atoms with Gasteiger partial charge in [-0.25, -0.2) is 0 Å². The van der Waals surface area contributed by atoms with Crippen molar-refractivity contribution < 1.29 is 15.0 Å². The molecule has 9 atom stereocenters. The van der Waals surface area contributed by atoms with E-state index in [4.69, 9.17) is 0 Å². The van der Waals surface area contributed by atoms with E-state index in [9.17, 15) is 15.0 Å². The molecule has 2 N–H and O–H groups in total. The lowest BCUT2D eigenvalue weighted by Gasteiger charge is -2.72. The van der Waals surface area contributed by atoms with Gasteiger partial charge in [-0.2, -0.15) is 0 Å². The van der Waals surface area contributed by atoms with Gasteiger partial charge in [-0.3, -0.25) is 4.79 Å². The molecule has 0 heterocycles. The van der Waals surface area contributed by atoms with Crippen molar-refractivity contribution in [2.24, 2.45) is 56.7 Å². The fourth-order valence-corrected chi connectivity index (χ4v) is 11.7. The topological polar surface area (TPSA) is 57.5 Å². The zero-order chi connectivity index (χ0) is 24.2. The van der Waals surface area contributed by atoms with Crippen molar-refractivity contribution in [3.8, 4) is 0 Å². The standard InChI is InChI=1S/C30H50O3/c1-25(2)14-13-24(32)30(18-31)21(25)12-17-29(7)23(30)9-8-22-27(5)15-10-19(26(3,4)33)20(27)11-16-28(22,29)6/h19-23,31,33H,8-18H2,1-7H3/t19-,20-,21+,22+,23+,27-,28+,29+,30-/m0/s1. The molecule has 5 saturated carbocycles. The molecule has 5 aliphatic carbocycles. The first-order valence-corrected chi connectivity index (χ1v) is 14.0. The first-order valence-electron chi connectivity index (χ1n) is 14.0. The Balaban J connectivity index is 1.56. The molecule has 3 nitrogen and oxygen atoms in total. The van der Waals surface area contributed by atoms with Crippen molar-refractivity contribution >= 4 is 5.78 Å². The van der Waals surface area contributed by atoms with Gasteiger partial charge in [0, 0.05) is 6.42 Å². The van der Waals surface area contributed by atoms with Crippen LogP contribution < -0.4 is 0 Å². The van der Waals surface area contributed by atoms with Crippen LogP contribution in [0, 0.1) is 56.7 Å². The number of hydrogen-bond acceptors (Lipinski definition) is 3. The highest BCUT2D eigenvalue weighted by Crippen LogP contribution is 2.77. The Hall–Kier alpha value is -0.410. The highest BCUT2D eigenvalue weighted by molar-refractivity contribution is 5.87. The molecule has 33 heavy (non-hydrogen) atoms. The Morgan fingerprint density at radius 2 is 1.42 bits per heavy atom. The van der Waals surface area contributed by atoms with E-state index in [1.165, 1.54) is 32.1 Å². The van der Waals surface area contributed by atoms with E-state index in [-0.39, 0.29) is 28.3 Å². The molecule has 5 aliphatic rings. The zero-order valence-corrected chi connectivity index (χ0v) is 22.5. The molecule has 0 bridgehead atoms. The molecule has 0 aromatic carbocycles. The minimum absolute atomic E-state index is 0.0433. The highest BCUT2D eigenvalue weighted by atomic mass is 16.3. The maximum Gasteiger partial charge on any atom is 0.141 e. The lowest BCUT2D eigenvalue weighted by molar-refractivity contribution is -0.246. The average molecular weight is 459 g/mol. The van der Waals surface area contributed by atoms with Gasteiger partial charge in [-0.05, 0) is 123 Å². The first-order chi connectivity index (χ1) is 15.2. The normalized spacial score (nSPS) is 53.6. The lowest BCUT2D eigenvalue weighted by Crippen LogP contribution is -2.69. The predicted octanol–water partition coefficient (Wildman–Crippen LogP) is 6.40. The number of rotatable bonds is 2. The quantitative estimate of drug-likeness (QED) is 0.503. The van der Waals surface area contributed by atoms with Gasteiger partial charge >= 0.3 is 0 Å². The van der Waals surface area contributed by atoms with E-state index in [2.05, 4.69) is 34.6 Å². The second kappa shape index (κ2) is 7.09. The van der Waals surface area contributed by atoms with Crippen molar-refractivity contribution in [1.29, 1.82) is 0 Å². The molecule has 5 rings (SSSR count). The fraction of sp³-hybridized carbons (Fsp3) is 0.967. The van der Waals surface area contributed by atoms with Crippen molar-refractivity contribution in [2.75, 3.05) is 6.61 Å². The second-order valence-corrected chi connectivity index (χ2v) is 15.2. The summed E-state index contributed by atoms with van der Waals surface area (Å²) in [4.78, 5) is 13.7. The van der Waals surface area contributed by atoms with Gasteiger partial charge in [0.1, 0.15) is 5.78 Å². The van der Waals surface area contributed by atoms with Crippen molar-refractivity contribution in [3.05, 3.63) is 0 Å². The van der Waals surface area contributed by atoms with E-state index >= 15 is 0 Å². The van der Waals surface area contributed by atoms with Crippen LogP contribution in [0.5, 0.6) is 0 Å². The summed E-state index contributed by atoms with van der Waals surface area (Å²) < 4.78 is 0. The maximum atomic E-state index is 13.7. The van der Waals surface area contributed by atoms with Crippen LogP contribution in [-0.4, -0.2) is 28.2 Å². The Morgan fingerprint density at radius 1 is 0.818 bits per heavy atom. The average Bonchev–Trinajstić information content (AvgIpc) is 3.08. The Morgan fingerprint density at radius 3 is 2.06 bits per heavy atom. The Kier molecular flexibility index (Phi) is 5.22. The summed E-state index contributed by atoms with van der Waals surface area (Å²) in [6, 6.07) is 0. The fourth-order valence-electron chi connectivity index (χ4n) is 11.7. The van der Waals surface area contributed by atoms with Crippen molar-refractivity contribution in [3.63, 3.8) is 0 Å². The van der Waals surface area contributed by atoms with Crippen molar-refractivity contribution in [2.45, 2.75) is 118 Å². The summed E-state index contributed by atoms with van der Waals surface area (Å²) in [5, 5.41) is 22.0. The van der Waals surface area contributed by atoms with Gasteiger partial charge in [0.25, 0.3) is 0 Å². The molecule has 5 fully saturated rings. The van der Waals surface area contributed by atoms with Crippen molar-refractivity contribution in [1.82, 2.24) is 0 Å². The van der Waals surface area contributed by atoms with E-state index in [0.717, 1.165) is 25.7 Å². The number of ketones is 1. The Bertz CT molecular complexity index is 825. The minimum atomic E-state index is -0.601. The predicted molar refractivity (Wildman–Crippen MR) is 133 cm³/mol. The van der Waals surface area contributed by atoms with Gasteiger partial charge in [-0.1, -0.05) is 34.6 Å². The second-order valence-electron chi connectivity index (χ2n) is 15.2. The number of carbonyl (C=O) groups is 1. The van der Waals surface area contributed by atoms with E-state index in [0.29, 0.717) is 41.8 Å². The molecule has 0 spiro atoms. The molecular formula is C30H50O3. The summed E-state index contributed by atoms with van der Waals surface area (Å²) in [6.45, 7) is 16.5. The van der Waals surface area contributed by atoms with Crippen LogP contribution in [-0.2, 0) is 4.79 Å². The van der Waals surface area contributed by atoms with Gasteiger partial charge in [-0.15, -0.1) is 0 Å². The third-order valence-corrected chi connectivity index (χ3v) is 13.5. The smallest absolute Gasteiger partial charge is 0.141 e. The summed E-state index contributed by atoms with van der Waals surface area (Å²) in [6.07, 6.45) is 11.0. The molecule has 0 amide bonds. The summed E-state index contributed by atoms with van der Waals surface area (Å²) >= 11 is 0. The number of fused-ring (bicyclic) bond motifs is 7. The van der Waals surface area contributed by atoms with Crippen LogP contribution in [0.15, 0.2) is 0 Å². The highest BCUT2D eigenvalue weighted by Gasteiger charge is 2.73. The van der Waals surface area contributed by atoms with Gasteiger partial charge in [0.05, 0.1) is 17.6 Å². The molecule has 3 heteroatoms. The van der Waals surface area contributed by atoms with Crippen LogP contribution in [0.2, 0.25) is 0 Å². The van der Waals surface area contributed by atoms with Crippen LogP contribution in [0.3, 0.4) is 0 Å². The number of aliphatic hydroxyl groups is 2. The SMILES string of the molecule is CC(C)(O)[C@H]1CC[C@]2(C)[C@H]3CC[C@H]4[C@@]5(CO)C(=O)CCC(C)(C)[C@H]5CC[C@@]4(C)[C@]3(C)CC[C@@H]12. The molecule has 0 aliphatic heterocycles. The van der Waals surface area contributed by atoms with Gasteiger partial charge in [0.2, 0.25) is 0 Å². The molecular weight excluding hydrogens is 408 g/mol. The molecule has 0 saturated heterocycles. The van der Waals surface area contributed by atoms with Crippen LogP contribution in [0.1, 0.15) is 113 Å². The monoisotopic (exact) mass is 458 g/mol. The van der Waals surface area contributed by atoms with E-state index in [1.54, 1.807) is 0 Å². The van der Waals surface area contributed by atoms with E-state index < -0.39 is 11.0 Å². The number of hydrogen-bond donors (Lipinski definition) is 2. The molecule has 0 radical (unpaired) electrons. The third-order valence-electron chi connectivity index (χ3n) is 13.5. The molecule has 188 valence electrons. The molecule has 0 aromatic heterocycles. The summed E-state index contributed by atoms with van der Waals surface area (Å²) in [5.74, 6) is 2.64. The summed E-state index contributed by atoms with van der Waals surface area (Å²) in [5.41, 5.74) is -0.429. The number of aliphatic hydroxyl groups excluding tert-OH is 1. The maximum absolute atomic E-state index is 13.7. The van der Waals surface area contributed by atoms with E-state index in [1.807, 2.05) is 13.8 Å². The summed E-state index contributed by atoms with van der Waals surface area (Å²) in [7, 11) is 0. The molecule has 0 unspecified atom stereocenters. The van der Waals surface area contributed by atoms with Crippen LogP contribution in [0.4, 0.5) is 0 Å². The Labute approximate surface area is 202 Å².